The van der Waals surface area contributed by atoms with Gasteiger partial charge in [-0.2, -0.15) is 5.10 Å². The summed E-state index contributed by atoms with van der Waals surface area (Å²) in [6, 6.07) is 17.8. The number of rotatable bonds is 6. The molecule has 0 saturated heterocycles. The van der Waals surface area contributed by atoms with Crippen LogP contribution in [0.4, 0.5) is 0 Å². The van der Waals surface area contributed by atoms with Gasteiger partial charge in [-0.25, -0.2) is 4.68 Å². The van der Waals surface area contributed by atoms with Gasteiger partial charge < -0.3 is 10.6 Å². The van der Waals surface area contributed by atoms with Gasteiger partial charge in [-0.05, 0) is 38.0 Å². The number of aryl methyl sites for hydroxylation is 1. The van der Waals surface area contributed by atoms with Crippen molar-refractivity contribution in [3.63, 3.8) is 0 Å². The maximum Gasteiger partial charge on any atom is 0.255 e. The van der Waals surface area contributed by atoms with Crippen molar-refractivity contribution in [2.45, 2.75) is 25.8 Å². The molecule has 3 aromatic rings. The van der Waals surface area contributed by atoms with Crippen molar-refractivity contribution >= 4 is 11.8 Å². The molecule has 2 amide bonds. The molecule has 28 heavy (non-hydrogen) atoms. The molecule has 2 N–H and O–H groups in total. The van der Waals surface area contributed by atoms with Crippen LogP contribution in [0.1, 0.15) is 28.8 Å². The quantitative estimate of drug-likeness (QED) is 0.697. The van der Waals surface area contributed by atoms with Gasteiger partial charge in [-0.15, -0.1) is 0 Å². The van der Waals surface area contributed by atoms with Crippen molar-refractivity contribution in [1.82, 2.24) is 20.4 Å². The van der Waals surface area contributed by atoms with Gasteiger partial charge in [0.25, 0.3) is 5.91 Å². The number of carbonyl (C=O) groups is 2. The van der Waals surface area contributed by atoms with Crippen LogP contribution in [0.2, 0.25) is 0 Å². The second-order valence-corrected chi connectivity index (χ2v) is 7.07. The summed E-state index contributed by atoms with van der Waals surface area (Å²) in [6.45, 7) is 1.96. The number of benzene rings is 2. The lowest BCUT2D eigenvalue weighted by Gasteiger charge is -2.06. The van der Waals surface area contributed by atoms with Crippen molar-refractivity contribution in [1.29, 1.82) is 0 Å². The van der Waals surface area contributed by atoms with Crippen LogP contribution in [0.25, 0.3) is 16.9 Å². The van der Waals surface area contributed by atoms with E-state index in [1.54, 1.807) is 10.9 Å². The van der Waals surface area contributed by atoms with Crippen LogP contribution in [-0.2, 0) is 4.79 Å². The summed E-state index contributed by atoms with van der Waals surface area (Å²) in [7, 11) is 0. The predicted molar refractivity (Wildman–Crippen MR) is 107 cm³/mol. The first-order valence-electron chi connectivity index (χ1n) is 9.40. The highest BCUT2D eigenvalue weighted by molar-refractivity contribution is 6.01. The van der Waals surface area contributed by atoms with E-state index in [9.17, 15) is 9.59 Å². The molecule has 1 aromatic heterocycles. The number of hydrogen-bond donors (Lipinski definition) is 2. The second kappa shape index (κ2) is 7.68. The molecule has 0 aliphatic heterocycles. The molecule has 4 rings (SSSR count). The van der Waals surface area contributed by atoms with Gasteiger partial charge in [0.2, 0.25) is 5.91 Å². The second-order valence-electron chi connectivity index (χ2n) is 7.07. The number of para-hydroxylation sites is 1. The Morgan fingerprint density at radius 1 is 1.11 bits per heavy atom. The van der Waals surface area contributed by atoms with Crippen LogP contribution >= 0.6 is 0 Å². The SMILES string of the molecule is Cc1cccc(-c2nn(-c3ccccc3)cc2C(=O)NCC(=O)NC2CC2)c1. The monoisotopic (exact) mass is 374 g/mol. The molecule has 1 heterocycles. The average Bonchev–Trinajstić information content (AvgIpc) is 3.40. The zero-order valence-electron chi connectivity index (χ0n) is 15.7. The summed E-state index contributed by atoms with van der Waals surface area (Å²) in [5.41, 5.74) is 3.84. The largest absolute Gasteiger partial charge is 0.352 e. The Balaban J connectivity index is 1.62. The van der Waals surface area contributed by atoms with Crippen molar-refractivity contribution in [2.75, 3.05) is 6.54 Å². The third-order valence-corrected chi connectivity index (χ3v) is 4.62. The fourth-order valence-corrected chi connectivity index (χ4v) is 3.02. The van der Waals surface area contributed by atoms with E-state index in [4.69, 9.17) is 0 Å². The smallest absolute Gasteiger partial charge is 0.255 e. The number of nitrogens with zero attached hydrogens (tertiary/aromatic N) is 2. The zero-order chi connectivity index (χ0) is 19.5. The molecule has 1 fully saturated rings. The van der Waals surface area contributed by atoms with E-state index in [0.717, 1.165) is 29.7 Å². The van der Waals surface area contributed by atoms with Gasteiger partial charge in [0.15, 0.2) is 0 Å². The van der Waals surface area contributed by atoms with Crippen LogP contribution in [0, 0.1) is 6.92 Å². The molecule has 1 saturated carbocycles. The highest BCUT2D eigenvalue weighted by Gasteiger charge is 2.24. The van der Waals surface area contributed by atoms with E-state index in [0.29, 0.717) is 11.3 Å². The molecule has 0 radical (unpaired) electrons. The molecule has 1 aliphatic carbocycles. The van der Waals surface area contributed by atoms with E-state index in [2.05, 4.69) is 15.7 Å². The summed E-state index contributed by atoms with van der Waals surface area (Å²) in [6.07, 6.45) is 3.74. The zero-order valence-corrected chi connectivity index (χ0v) is 15.7. The molecule has 142 valence electrons. The highest BCUT2D eigenvalue weighted by Crippen LogP contribution is 2.24. The number of carbonyl (C=O) groups excluding carboxylic acids is 2. The number of nitrogens with one attached hydrogen (secondary N) is 2. The lowest BCUT2D eigenvalue weighted by molar-refractivity contribution is -0.120. The summed E-state index contributed by atoms with van der Waals surface area (Å²) in [5.74, 6) is -0.479. The van der Waals surface area contributed by atoms with E-state index in [1.165, 1.54) is 0 Å². The molecule has 1 aliphatic rings. The van der Waals surface area contributed by atoms with Crippen LogP contribution < -0.4 is 10.6 Å². The van der Waals surface area contributed by atoms with Crippen molar-refractivity contribution < 1.29 is 9.59 Å². The molecule has 2 aromatic carbocycles. The Morgan fingerprint density at radius 3 is 2.61 bits per heavy atom. The van der Waals surface area contributed by atoms with E-state index in [-0.39, 0.29) is 24.4 Å². The van der Waals surface area contributed by atoms with Crippen molar-refractivity contribution in [3.8, 4) is 16.9 Å². The van der Waals surface area contributed by atoms with Gasteiger partial charge >= 0.3 is 0 Å². The fourth-order valence-electron chi connectivity index (χ4n) is 3.02. The maximum absolute atomic E-state index is 12.8. The van der Waals surface area contributed by atoms with E-state index in [1.807, 2.05) is 61.5 Å². The van der Waals surface area contributed by atoms with Crippen LogP contribution in [0.5, 0.6) is 0 Å². The van der Waals surface area contributed by atoms with Crippen LogP contribution in [0.15, 0.2) is 60.8 Å². The molecule has 6 heteroatoms. The Morgan fingerprint density at radius 2 is 1.89 bits per heavy atom. The lowest BCUT2D eigenvalue weighted by atomic mass is 10.1. The maximum atomic E-state index is 12.8. The predicted octanol–water partition coefficient (Wildman–Crippen LogP) is 2.86. The first kappa shape index (κ1) is 18.0. The number of hydrogen-bond acceptors (Lipinski definition) is 3. The standard InChI is InChI=1S/C22H22N4O2/c1-15-6-5-7-16(12-15)21-19(14-26(25-21)18-8-3-2-4-9-18)22(28)23-13-20(27)24-17-10-11-17/h2-9,12,14,17H,10-11,13H2,1H3,(H,23,28)(H,24,27). The number of amides is 2. The van der Waals surface area contributed by atoms with E-state index < -0.39 is 0 Å². The first-order valence-corrected chi connectivity index (χ1v) is 9.40. The minimum atomic E-state index is -0.315. The van der Waals surface area contributed by atoms with Gasteiger partial charge in [0, 0.05) is 17.8 Å². The van der Waals surface area contributed by atoms with Gasteiger partial charge in [-0.3, -0.25) is 9.59 Å². The fraction of sp³-hybridized carbons (Fsp3) is 0.227. The van der Waals surface area contributed by atoms with Gasteiger partial charge in [-0.1, -0.05) is 42.0 Å². The Bertz CT molecular complexity index is 1010. The lowest BCUT2D eigenvalue weighted by Crippen LogP contribution is -2.37. The summed E-state index contributed by atoms with van der Waals surface area (Å²) in [4.78, 5) is 24.7. The normalized spacial score (nSPS) is 13.2. The third kappa shape index (κ3) is 4.11. The molecule has 6 nitrogen and oxygen atoms in total. The third-order valence-electron chi connectivity index (χ3n) is 4.62. The van der Waals surface area contributed by atoms with Crippen LogP contribution in [0.3, 0.4) is 0 Å². The molecule has 0 bridgehead atoms. The van der Waals surface area contributed by atoms with E-state index >= 15 is 0 Å². The van der Waals surface area contributed by atoms with Gasteiger partial charge in [0.05, 0.1) is 17.8 Å². The summed E-state index contributed by atoms with van der Waals surface area (Å²) >= 11 is 0. The highest BCUT2D eigenvalue weighted by atomic mass is 16.2. The minimum absolute atomic E-state index is 0.0426. The van der Waals surface area contributed by atoms with Gasteiger partial charge in [0.1, 0.15) is 5.69 Å². The molecule has 0 unspecified atom stereocenters. The summed E-state index contributed by atoms with van der Waals surface area (Å²) < 4.78 is 1.69. The van der Waals surface area contributed by atoms with Crippen LogP contribution in [-0.4, -0.2) is 34.2 Å². The average molecular weight is 374 g/mol. The van der Waals surface area contributed by atoms with Crippen molar-refractivity contribution in [2.24, 2.45) is 0 Å². The topological polar surface area (TPSA) is 76.0 Å². The Labute approximate surface area is 163 Å². The first-order chi connectivity index (χ1) is 13.6. The molecule has 0 spiro atoms. The van der Waals surface area contributed by atoms with Crippen molar-refractivity contribution in [3.05, 3.63) is 71.9 Å². The minimum Gasteiger partial charge on any atom is -0.352 e. The Hall–Kier alpha value is -3.41. The Kier molecular flexibility index (Phi) is 4.93. The molecular formula is C22H22N4O2. The molecule has 0 atom stereocenters. The molecular weight excluding hydrogens is 352 g/mol. The number of aromatic nitrogens is 2. The summed E-state index contributed by atoms with van der Waals surface area (Å²) in [5, 5.41) is 10.2.